The van der Waals surface area contributed by atoms with Crippen LogP contribution in [0.2, 0.25) is 0 Å². The van der Waals surface area contributed by atoms with Gasteiger partial charge in [-0.2, -0.15) is 5.10 Å². The molecule has 1 heterocycles. The van der Waals surface area contributed by atoms with Crippen molar-refractivity contribution in [2.75, 3.05) is 0 Å². The molecule has 6 nitrogen and oxygen atoms in total. The summed E-state index contributed by atoms with van der Waals surface area (Å²) in [6.45, 7) is 5.91. The Bertz CT molecular complexity index is 732. The van der Waals surface area contributed by atoms with Gasteiger partial charge in [-0.1, -0.05) is 0 Å². The molecule has 1 aromatic heterocycles. The van der Waals surface area contributed by atoms with E-state index in [0.29, 0.717) is 12.0 Å². The van der Waals surface area contributed by atoms with Crippen molar-refractivity contribution < 1.29 is 14.7 Å². The minimum Gasteiger partial charge on any atom is -0.478 e. The normalized spacial score (nSPS) is 12.0. The van der Waals surface area contributed by atoms with Crippen LogP contribution >= 0.6 is 0 Å². The summed E-state index contributed by atoms with van der Waals surface area (Å²) in [6, 6.07) is 5.84. The Morgan fingerprint density at radius 1 is 1.22 bits per heavy atom. The highest BCUT2D eigenvalue weighted by molar-refractivity contribution is 5.96. The first-order valence-electron chi connectivity index (χ1n) is 7.43. The number of amides is 1. The van der Waals surface area contributed by atoms with Crippen LogP contribution in [0, 0.1) is 13.8 Å². The third-order valence-corrected chi connectivity index (χ3v) is 3.94. The SMILES string of the molecule is Cc1nn(C)c(C)c1C[C@H](C)NC(=O)c1ccc(C(=O)O)cc1. The summed E-state index contributed by atoms with van der Waals surface area (Å²) in [4.78, 5) is 23.0. The molecule has 0 aliphatic carbocycles. The molecular formula is C17H21N3O3. The average Bonchev–Trinajstić information content (AvgIpc) is 2.73. The van der Waals surface area contributed by atoms with Gasteiger partial charge in [0.1, 0.15) is 0 Å². The molecule has 0 radical (unpaired) electrons. The third-order valence-electron chi connectivity index (χ3n) is 3.94. The van der Waals surface area contributed by atoms with E-state index in [1.54, 1.807) is 0 Å². The van der Waals surface area contributed by atoms with E-state index in [9.17, 15) is 9.59 Å². The molecule has 0 spiro atoms. The average molecular weight is 315 g/mol. The topological polar surface area (TPSA) is 84.2 Å². The highest BCUT2D eigenvalue weighted by Gasteiger charge is 2.15. The monoisotopic (exact) mass is 315 g/mol. The van der Waals surface area contributed by atoms with Gasteiger partial charge in [0.15, 0.2) is 0 Å². The van der Waals surface area contributed by atoms with Crippen LogP contribution in [-0.2, 0) is 13.5 Å². The number of carboxylic acid groups (broad SMARTS) is 1. The standard InChI is InChI=1S/C17H21N3O3/c1-10(9-15-11(2)19-20(4)12(15)3)18-16(21)13-5-7-14(8-6-13)17(22)23/h5-8,10H,9H2,1-4H3,(H,18,21)(H,22,23)/t10-/m0/s1. The Hall–Kier alpha value is -2.63. The van der Waals surface area contributed by atoms with Crippen LogP contribution in [0.15, 0.2) is 24.3 Å². The van der Waals surface area contributed by atoms with Crippen LogP contribution in [0.1, 0.15) is 44.6 Å². The highest BCUT2D eigenvalue weighted by atomic mass is 16.4. The Labute approximate surface area is 135 Å². The number of benzene rings is 1. The number of hydrogen-bond acceptors (Lipinski definition) is 3. The first-order valence-corrected chi connectivity index (χ1v) is 7.43. The van der Waals surface area contributed by atoms with E-state index in [4.69, 9.17) is 5.11 Å². The van der Waals surface area contributed by atoms with Crippen LogP contribution in [0.25, 0.3) is 0 Å². The summed E-state index contributed by atoms with van der Waals surface area (Å²) >= 11 is 0. The van der Waals surface area contributed by atoms with E-state index in [-0.39, 0.29) is 17.5 Å². The maximum Gasteiger partial charge on any atom is 0.335 e. The summed E-state index contributed by atoms with van der Waals surface area (Å²) in [6.07, 6.45) is 0.699. The van der Waals surface area contributed by atoms with Crippen molar-refractivity contribution in [1.82, 2.24) is 15.1 Å². The summed E-state index contributed by atoms with van der Waals surface area (Å²) in [5, 5.41) is 16.2. The number of aromatic nitrogens is 2. The molecule has 1 atom stereocenters. The lowest BCUT2D eigenvalue weighted by Crippen LogP contribution is -2.34. The van der Waals surface area contributed by atoms with E-state index < -0.39 is 5.97 Å². The number of carbonyl (C=O) groups excluding carboxylic acids is 1. The van der Waals surface area contributed by atoms with E-state index in [1.165, 1.54) is 24.3 Å². The van der Waals surface area contributed by atoms with Gasteiger partial charge in [0, 0.05) is 24.3 Å². The Morgan fingerprint density at radius 2 is 1.78 bits per heavy atom. The lowest BCUT2D eigenvalue weighted by atomic mass is 10.0. The van der Waals surface area contributed by atoms with Crippen LogP contribution in [0.3, 0.4) is 0 Å². The van der Waals surface area contributed by atoms with E-state index in [0.717, 1.165) is 17.0 Å². The first kappa shape index (κ1) is 16.7. The van der Waals surface area contributed by atoms with Crippen molar-refractivity contribution in [2.45, 2.75) is 33.2 Å². The molecule has 1 aromatic carbocycles. The minimum absolute atomic E-state index is 0.0525. The molecule has 0 fully saturated rings. The van der Waals surface area contributed by atoms with Crippen molar-refractivity contribution in [3.05, 3.63) is 52.3 Å². The van der Waals surface area contributed by atoms with Gasteiger partial charge in [0.25, 0.3) is 5.91 Å². The second kappa shape index (κ2) is 6.64. The van der Waals surface area contributed by atoms with Gasteiger partial charge in [-0.05, 0) is 57.0 Å². The van der Waals surface area contributed by atoms with Gasteiger partial charge >= 0.3 is 5.97 Å². The largest absolute Gasteiger partial charge is 0.478 e. The fourth-order valence-electron chi connectivity index (χ4n) is 2.54. The van der Waals surface area contributed by atoms with E-state index in [1.807, 2.05) is 32.5 Å². The molecule has 122 valence electrons. The number of carbonyl (C=O) groups is 2. The minimum atomic E-state index is -1.01. The van der Waals surface area contributed by atoms with Gasteiger partial charge in [-0.15, -0.1) is 0 Å². The van der Waals surface area contributed by atoms with E-state index in [2.05, 4.69) is 10.4 Å². The van der Waals surface area contributed by atoms with Gasteiger partial charge in [0.2, 0.25) is 0 Å². The Morgan fingerprint density at radius 3 is 2.26 bits per heavy atom. The summed E-state index contributed by atoms with van der Waals surface area (Å²) in [5.74, 6) is -1.22. The molecule has 0 unspecified atom stereocenters. The second-order valence-electron chi connectivity index (χ2n) is 5.73. The molecule has 2 rings (SSSR count). The van der Waals surface area contributed by atoms with Gasteiger partial charge in [0.05, 0.1) is 11.3 Å². The molecule has 2 aromatic rings. The second-order valence-corrected chi connectivity index (χ2v) is 5.73. The molecule has 0 saturated heterocycles. The number of rotatable bonds is 5. The number of aryl methyl sites for hydroxylation is 2. The highest BCUT2D eigenvalue weighted by Crippen LogP contribution is 2.14. The van der Waals surface area contributed by atoms with E-state index >= 15 is 0 Å². The molecule has 2 N–H and O–H groups in total. The number of aromatic carboxylic acids is 1. The van der Waals surface area contributed by atoms with Gasteiger partial charge < -0.3 is 10.4 Å². The van der Waals surface area contributed by atoms with Crippen LogP contribution in [-0.4, -0.2) is 32.8 Å². The maximum atomic E-state index is 12.2. The van der Waals surface area contributed by atoms with Crippen LogP contribution < -0.4 is 5.32 Å². The number of nitrogens with zero attached hydrogens (tertiary/aromatic N) is 2. The van der Waals surface area contributed by atoms with Crippen molar-refractivity contribution in [2.24, 2.45) is 7.05 Å². The van der Waals surface area contributed by atoms with Gasteiger partial charge in [-0.25, -0.2) is 4.79 Å². The molecule has 23 heavy (non-hydrogen) atoms. The third kappa shape index (κ3) is 3.77. The molecule has 1 amide bonds. The zero-order chi connectivity index (χ0) is 17.1. The maximum absolute atomic E-state index is 12.2. The number of hydrogen-bond donors (Lipinski definition) is 2. The number of nitrogens with one attached hydrogen (secondary N) is 1. The van der Waals surface area contributed by atoms with Crippen molar-refractivity contribution >= 4 is 11.9 Å². The van der Waals surface area contributed by atoms with Crippen molar-refractivity contribution in [1.29, 1.82) is 0 Å². The van der Waals surface area contributed by atoms with Crippen molar-refractivity contribution in [3.63, 3.8) is 0 Å². The molecule has 0 saturated carbocycles. The predicted octanol–water partition coefficient (Wildman–Crippen LogP) is 2.10. The molecular weight excluding hydrogens is 294 g/mol. The lowest BCUT2D eigenvalue weighted by molar-refractivity contribution is 0.0696. The smallest absolute Gasteiger partial charge is 0.335 e. The molecule has 0 aliphatic heterocycles. The summed E-state index contributed by atoms with van der Waals surface area (Å²) in [7, 11) is 1.90. The first-order chi connectivity index (χ1) is 10.8. The zero-order valence-corrected chi connectivity index (χ0v) is 13.8. The van der Waals surface area contributed by atoms with Crippen molar-refractivity contribution in [3.8, 4) is 0 Å². The molecule has 0 bridgehead atoms. The Kier molecular flexibility index (Phi) is 4.83. The fourth-order valence-corrected chi connectivity index (χ4v) is 2.54. The molecule has 6 heteroatoms. The van der Waals surface area contributed by atoms with Crippen LogP contribution in [0.4, 0.5) is 0 Å². The lowest BCUT2D eigenvalue weighted by Gasteiger charge is -2.14. The van der Waals surface area contributed by atoms with Crippen LogP contribution in [0.5, 0.6) is 0 Å². The fraction of sp³-hybridized carbons (Fsp3) is 0.353. The summed E-state index contributed by atoms with van der Waals surface area (Å²) < 4.78 is 1.84. The van der Waals surface area contributed by atoms with Gasteiger partial charge in [-0.3, -0.25) is 9.48 Å². The Balaban J connectivity index is 2.03. The zero-order valence-electron chi connectivity index (χ0n) is 13.8. The number of carboxylic acids is 1. The predicted molar refractivity (Wildman–Crippen MR) is 86.7 cm³/mol. The summed E-state index contributed by atoms with van der Waals surface area (Å²) in [5.41, 5.74) is 3.81. The molecule has 0 aliphatic rings. The quantitative estimate of drug-likeness (QED) is 0.885.